The molecule has 3 aromatic carbocycles. The molecule has 9 nitrogen and oxygen atoms in total. The number of thioether (sulfide) groups is 1. The van der Waals surface area contributed by atoms with Crippen LogP contribution in [0.3, 0.4) is 0 Å². The summed E-state index contributed by atoms with van der Waals surface area (Å²) < 4.78 is 18.5. The Morgan fingerprint density at radius 1 is 1.06 bits per heavy atom. The van der Waals surface area contributed by atoms with E-state index in [1.807, 2.05) is 44.2 Å². The third-order valence-corrected chi connectivity index (χ3v) is 10.6. The number of hydrogen-bond acceptors (Lipinski definition) is 10. The fraction of sp³-hybridized carbons (Fsp3) is 0.333. The SMILES string of the molecule is CCCCCOc1ccc(C2/C(=C(\O)c3ccc4c(c3)CC(C)O4)C(=O)C(=O)N2c2nnc(SCc3ccccc3Cl)s2)cc1OCC. The summed E-state index contributed by atoms with van der Waals surface area (Å²) in [5.74, 6) is 0.428. The van der Waals surface area contributed by atoms with Gasteiger partial charge < -0.3 is 19.3 Å². The number of benzene rings is 3. The molecule has 0 spiro atoms. The predicted molar refractivity (Wildman–Crippen MR) is 189 cm³/mol. The number of halogens is 1. The van der Waals surface area contributed by atoms with Crippen molar-refractivity contribution in [2.45, 2.75) is 68.7 Å². The molecule has 2 unspecified atom stereocenters. The molecule has 1 amide bonds. The quantitative estimate of drug-likeness (QED) is 0.0366. The summed E-state index contributed by atoms with van der Waals surface area (Å²) in [7, 11) is 0. The molecule has 3 heterocycles. The number of amides is 1. The summed E-state index contributed by atoms with van der Waals surface area (Å²) >= 11 is 8.98. The average Bonchev–Trinajstić information content (AvgIpc) is 3.77. The number of aliphatic hydroxyl groups is 1. The van der Waals surface area contributed by atoms with Gasteiger partial charge in [0.15, 0.2) is 15.8 Å². The van der Waals surface area contributed by atoms with Crippen molar-refractivity contribution in [3.63, 3.8) is 0 Å². The number of Topliss-reactive ketones (excluding diaryl/α,β-unsaturated/α-hetero) is 1. The molecule has 250 valence electrons. The van der Waals surface area contributed by atoms with E-state index in [-0.39, 0.29) is 22.6 Å². The molecule has 0 bridgehead atoms. The number of anilines is 1. The van der Waals surface area contributed by atoms with E-state index in [2.05, 4.69) is 17.1 Å². The Morgan fingerprint density at radius 3 is 2.69 bits per heavy atom. The Kier molecular flexibility index (Phi) is 10.6. The highest BCUT2D eigenvalue weighted by molar-refractivity contribution is 8.00. The van der Waals surface area contributed by atoms with Crippen LogP contribution in [0.4, 0.5) is 5.13 Å². The van der Waals surface area contributed by atoms with Crippen molar-refractivity contribution in [3.8, 4) is 17.2 Å². The summed E-state index contributed by atoms with van der Waals surface area (Å²) in [6.07, 6.45) is 3.70. The Labute approximate surface area is 292 Å². The zero-order valence-electron chi connectivity index (χ0n) is 26.9. The molecule has 0 radical (unpaired) electrons. The number of hydrogen-bond donors (Lipinski definition) is 1. The fourth-order valence-electron chi connectivity index (χ4n) is 5.80. The summed E-state index contributed by atoms with van der Waals surface area (Å²) in [6.45, 7) is 6.90. The number of rotatable bonds is 13. The number of carbonyl (C=O) groups excluding carboxylic acids is 2. The van der Waals surface area contributed by atoms with Gasteiger partial charge in [-0.2, -0.15) is 0 Å². The van der Waals surface area contributed by atoms with Crippen LogP contribution in [0.1, 0.15) is 68.3 Å². The van der Waals surface area contributed by atoms with Gasteiger partial charge >= 0.3 is 5.91 Å². The lowest BCUT2D eigenvalue weighted by atomic mass is 9.94. The maximum atomic E-state index is 13.9. The third-order valence-electron chi connectivity index (χ3n) is 8.11. The Balaban J connectivity index is 1.40. The summed E-state index contributed by atoms with van der Waals surface area (Å²) in [4.78, 5) is 29.0. The number of aromatic nitrogens is 2. The minimum Gasteiger partial charge on any atom is -0.507 e. The van der Waals surface area contributed by atoms with Gasteiger partial charge in [0.1, 0.15) is 17.6 Å². The van der Waals surface area contributed by atoms with E-state index in [1.54, 1.807) is 30.3 Å². The lowest BCUT2D eigenvalue weighted by Crippen LogP contribution is -2.29. The van der Waals surface area contributed by atoms with Crippen LogP contribution in [0.2, 0.25) is 5.02 Å². The first-order chi connectivity index (χ1) is 23.3. The van der Waals surface area contributed by atoms with Crippen LogP contribution in [-0.2, 0) is 21.8 Å². The maximum absolute atomic E-state index is 13.9. The number of nitrogens with zero attached hydrogens (tertiary/aromatic N) is 3. The van der Waals surface area contributed by atoms with Gasteiger partial charge in [-0.1, -0.05) is 78.7 Å². The molecule has 4 aromatic rings. The first-order valence-corrected chi connectivity index (χ1v) is 18.2. The van der Waals surface area contributed by atoms with Crippen molar-refractivity contribution in [2.24, 2.45) is 0 Å². The molecule has 48 heavy (non-hydrogen) atoms. The second-order valence-corrected chi connectivity index (χ2v) is 14.1. The van der Waals surface area contributed by atoms with E-state index in [9.17, 15) is 14.7 Å². The van der Waals surface area contributed by atoms with Crippen LogP contribution in [-0.4, -0.2) is 46.3 Å². The largest absolute Gasteiger partial charge is 0.507 e. The molecule has 6 rings (SSSR count). The van der Waals surface area contributed by atoms with Crippen molar-refractivity contribution >= 4 is 57.3 Å². The van der Waals surface area contributed by atoms with Gasteiger partial charge in [0.25, 0.3) is 5.78 Å². The van der Waals surface area contributed by atoms with Crippen LogP contribution in [0.5, 0.6) is 17.2 Å². The number of fused-ring (bicyclic) bond motifs is 1. The second-order valence-electron chi connectivity index (χ2n) is 11.5. The fourth-order valence-corrected chi connectivity index (χ4v) is 7.95. The molecule has 2 atom stereocenters. The van der Waals surface area contributed by atoms with Gasteiger partial charge in [0, 0.05) is 22.8 Å². The van der Waals surface area contributed by atoms with Crippen molar-refractivity contribution in [1.29, 1.82) is 0 Å². The van der Waals surface area contributed by atoms with Crippen LogP contribution in [0.25, 0.3) is 5.76 Å². The van der Waals surface area contributed by atoms with E-state index in [0.29, 0.717) is 57.4 Å². The van der Waals surface area contributed by atoms with Crippen LogP contribution >= 0.6 is 34.7 Å². The van der Waals surface area contributed by atoms with Gasteiger partial charge in [-0.3, -0.25) is 14.5 Å². The van der Waals surface area contributed by atoms with Crippen molar-refractivity contribution < 1.29 is 28.9 Å². The first-order valence-electron chi connectivity index (χ1n) is 16.0. The molecule has 0 aliphatic carbocycles. The number of ketones is 1. The molecular formula is C36H36ClN3O6S2. The average molecular weight is 706 g/mol. The number of ether oxygens (including phenoxy) is 3. The minimum absolute atomic E-state index is 0.00468. The summed E-state index contributed by atoms with van der Waals surface area (Å²) in [5, 5.41) is 21.3. The topological polar surface area (TPSA) is 111 Å². The summed E-state index contributed by atoms with van der Waals surface area (Å²) in [5.41, 5.74) is 2.79. The van der Waals surface area contributed by atoms with Crippen molar-refractivity contribution in [1.82, 2.24) is 10.2 Å². The molecule has 1 aromatic heterocycles. The molecule has 1 saturated heterocycles. The number of aliphatic hydroxyl groups excluding tert-OH is 1. The molecular weight excluding hydrogens is 670 g/mol. The van der Waals surface area contributed by atoms with Gasteiger partial charge in [0.2, 0.25) is 5.13 Å². The van der Waals surface area contributed by atoms with E-state index in [1.165, 1.54) is 28.0 Å². The highest BCUT2D eigenvalue weighted by atomic mass is 35.5. The Morgan fingerprint density at radius 2 is 1.90 bits per heavy atom. The molecule has 1 fully saturated rings. The van der Waals surface area contributed by atoms with Crippen molar-refractivity contribution in [2.75, 3.05) is 18.1 Å². The lowest BCUT2D eigenvalue weighted by molar-refractivity contribution is -0.132. The number of carbonyl (C=O) groups is 2. The normalized spacial score (nSPS) is 18.2. The molecule has 1 N–H and O–H groups in total. The molecule has 12 heteroatoms. The first kappa shape index (κ1) is 33.8. The van der Waals surface area contributed by atoms with E-state index >= 15 is 0 Å². The van der Waals surface area contributed by atoms with Crippen LogP contribution < -0.4 is 19.1 Å². The highest BCUT2D eigenvalue weighted by Gasteiger charge is 2.48. The monoisotopic (exact) mass is 705 g/mol. The summed E-state index contributed by atoms with van der Waals surface area (Å²) in [6, 6.07) is 17.2. The lowest BCUT2D eigenvalue weighted by Gasteiger charge is -2.23. The van der Waals surface area contributed by atoms with Gasteiger partial charge in [-0.25, -0.2) is 0 Å². The highest BCUT2D eigenvalue weighted by Crippen LogP contribution is 2.46. The van der Waals surface area contributed by atoms with Gasteiger partial charge in [-0.15, -0.1) is 10.2 Å². The van der Waals surface area contributed by atoms with E-state index in [4.69, 9.17) is 25.8 Å². The molecule has 2 aliphatic heterocycles. The maximum Gasteiger partial charge on any atom is 0.301 e. The van der Waals surface area contributed by atoms with Gasteiger partial charge in [0.05, 0.1) is 24.8 Å². The second kappa shape index (κ2) is 15.0. The van der Waals surface area contributed by atoms with E-state index < -0.39 is 17.7 Å². The molecule has 0 saturated carbocycles. The Hall–Kier alpha value is -4.06. The molecule has 2 aliphatic rings. The standard InChI is InChI=1S/C36H36ClN3O6S2/c1-4-6-9-16-45-28-15-12-22(19-29(28)44-5-2)31-30(32(41)23-13-14-27-25(18-23)17-21(3)46-27)33(42)34(43)40(31)35-38-39-36(48-35)47-20-24-10-7-8-11-26(24)37/h7-8,10-15,18-19,21,31,41H,4-6,9,16-17,20H2,1-3H3/b32-30+. The van der Waals surface area contributed by atoms with E-state index in [0.717, 1.165) is 36.1 Å². The zero-order valence-corrected chi connectivity index (χ0v) is 29.3. The number of unbranched alkanes of at least 4 members (excludes halogenated alkanes) is 2. The Bertz CT molecular complexity index is 1860. The van der Waals surface area contributed by atoms with Crippen LogP contribution in [0, 0.1) is 0 Å². The third kappa shape index (κ3) is 7.04. The predicted octanol–water partition coefficient (Wildman–Crippen LogP) is 8.40. The van der Waals surface area contributed by atoms with Crippen molar-refractivity contribution in [3.05, 3.63) is 93.5 Å². The van der Waals surface area contributed by atoms with Gasteiger partial charge in [-0.05, 0) is 73.4 Å². The van der Waals surface area contributed by atoms with Crippen LogP contribution in [0.15, 0.2) is 70.6 Å². The zero-order chi connectivity index (χ0) is 33.8. The minimum atomic E-state index is -1.00. The smallest absolute Gasteiger partial charge is 0.301 e.